The number of benzene rings is 2. The Morgan fingerprint density at radius 3 is 2.44 bits per heavy atom. The van der Waals surface area contributed by atoms with Crippen molar-refractivity contribution in [3.05, 3.63) is 52.8 Å². The van der Waals surface area contributed by atoms with E-state index in [9.17, 15) is 22.8 Å². The van der Waals surface area contributed by atoms with Gasteiger partial charge in [-0.1, -0.05) is 30.6 Å². The van der Waals surface area contributed by atoms with E-state index in [1.807, 2.05) is 0 Å². The largest absolute Gasteiger partial charge is 0.465 e. The van der Waals surface area contributed by atoms with Gasteiger partial charge in [0.25, 0.3) is 5.91 Å². The second kappa shape index (κ2) is 12.2. The summed E-state index contributed by atoms with van der Waals surface area (Å²) in [7, 11) is -2.08. The maximum atomic E-state index is 13.1. The summed E-state index contributed by atoms with van der Waals surface area (Å²) < 4.78 is 35.1. The summed E-state index contributed by atoms with van der Waals surface area (Å²) in [5, 5.41) is 2.72. The van der Waals surface area contributed by atoms with Gasteiger partial charge in [0, 0.05) is 31.3 Å². The molecule has 0 atom stereocenters. The van der Waals surface area contributed by atoms with E-state index < -0.39 is 21.9 Å². The molecule has 12 heteroatoms. The molecule has 1 heterocycles. The fraction of sp³-hybridized carbons (Fsp3) is 0.407. The normalized spacial score (nSPS) is 15.0. The molecule has 4 rings (SSSR count). The number of nitrogens with zero attached hydrogens (tertiary/aromatic N) is 3. The molecule has 0 spiro atoms. The van der Waals surface area contributed by atoms with Crippen LogP contribution in [-0.4, -0.2) is 54.8 Å². The number of fused-ring (bicyclic) bond motifs is 1. The molecule has 2 amide bonds. The molecule has 2 aromatic carbocycles. The summed E-state index contributed by atoms with van der Waals surface area (Å²) in [5.74, 6) is -1.28. The molecule has 0 saturated heterocycles. The molecule has 1 N–H and O–H groups in total. The molecule has 1 saturated carbocycles. The van der Waals surface area contributed by atoms with E-state index in [1.165, 1.54) is 46.8 Å². The highest BCUT2D eigenvalue weighted by atomic mass is 32.2. The number of nitrogens with one attached hydrogen (secondary N) is 1. The highest BCUT2D eigenvalue weighted by Crippen LogP contribution is 2.27. The van der Waals surface area contributed by atoms with Gasteiger partial charge in [-0.3, -0.25) is 14.4 Å². The molecule has 0 radical (unpaired) electrons. The number of hydrogen-bond donors (Lipinski definition) is 1. The maximum Gasteiger partial charge on any atom is 0.326 e. The van der Waals surface area contributed by atoms with Crippen LogP contribution in [-0.2, 0) is 30.9 Å². The van der Waals surface area contributed by atoms with Gasteiger partial charge in [0.2, 0.25) is 15.9 Å². The van der Waals surface area contributed by atoms with Crippen molar-refractivity contribution < 1.29 is 27.5 Å². The third kappa shape index (κ3) is 6.63. The molecular weight excluding hydrogens is 540 g/mol. The minimum atomic E-state index is -3.69. The smallest absolute Gasteiger partial charge is 0.326 e. The predicted molar refractivity (Wildman–Crippen MR) is 149 cm³/mol. The minimum Gasteiger partial charge on any atom is -0.465 e. The molecule has 1 aromatic heterocycles. The van der Waals surface area contributed by atoms with Crippen LogP contribution in [0.2, 0.25) is 0 Å². The number of anilines is 1. The first kappa shape index (κ1) is 28.7. The Morgan fingerprint density at radius 1 is 1.10 bits per heavy atom. The van der Waals surface area contributed by atoms with E-state index in [1.54, 1.807) is 36.7 Å². The average Bonchev–Trinajstić information content (AvgIpc) is 3.24. The van der Waals surface area contributed by atoms with Crippen molar-refractivity contribution in [2.45, 2.75) is 63.4 Å². The van der Waals surface area contributed by atoms with Crippen LogP contribution < -0.4 is 10.1 Å². The lowest BCUT2D eigenvalue weighted by atomic mass is 9.96. The molecule has 0 unspecified atom stereocenters. The van der Waals surface area contributed by atoms with Crippen molar-refractivity contribution in [3.63, 3.8) is 0 Å². The van der Waals surface area contributed by atoms with E-state index in [2.05, 4.69) is 10.3 Å². The zero-order valence-electron chi connectivity index (χ0n) is 22.2. The molecule has 1 aliphatic rings. The fourth-order valence-electron chi connectivity index (χ4n) is 4.66. The van der Waals surface area contributed by atoms with Gasteiger partial charge in [0.1, 0.15) is 6.54 Å². The minimum absolute atomic E-state index is 0.0194. The monoisotopic (exact) mass is 572 g/mol. The van der Waals surface area contributed by atoms with Gasteiger partial charge in [-0.25, -0.2) is 8.42 Å². The Bertz CT molecular complexity index is 1550. The Hall–Kier alpha value is -3.35. The van der Waals surface area contributed by atoms with Crippen LogP contribution in [0.1, 0.15) is 56.3 Å². The number of sulfonamides is 1. The predicted octanol–water partition coefficient (Wildman–Crippen LogP) is 3.92. The number of esters is 1. The maximum absolute atomic E-state index is 13.1. The van der Waals surface area contributed by atoms with Crippen LogP contribution in [0, 0.1) is 0 Å². The number of hydrogen-bond acceptors (Lipinski definition) is 7. The molecule has 0 bridgehead atoms. The van der Waals surface area contributed by atoms with Crippen molar-refractivity contribution in [1.82, 2.24) is 8.87 Å². The third-order valence-corrected chi connectivity index (χ3v) is 9.63. The van der Waals surface area contributed by atoms with Gasteiger partial charge in [-0.05, 0) is 62.2 Å². The average molecular weight is 573 g/mol. The Kier molecular flexibility index (Phi) is 8.98. The summed E-state index contributed by atoms with van der Waals surface area (Å²) in [5.41, 5.74) is 1.45. The van der Waals surface area contributed by atoms with Crippen LogP contribution in [0.4, 0.5) is 5.69 Å². The van der Waals surface area contributed by atoms with E-state index in [4.69, 9.17) is 4.74 Å². The quantitative estimate of drug-likeness (QED) is 0.408. The number of aromatic nitrogens is 1. The van der Waals surface area contributed by atoms with E-state index >= 15 is 0 Å². The molecule has 208 valence electrons. The Balaban J connectivity index is 1.65. The molecule has 39 heavy (non-hydrogen) atoms. The van der Waals surface area contributed by atoms with Crippen molar-refractivity contribution >= 4 is 55.0 Å². The molecule has 0 aliphatic heterocycles. The zero-order chi connectivity index (χ0) is 28.2. The molecular formula is C27H32N4O6S2. The first-order valence-electron chi connectivity index (χ1n) is 12.8. The summed E-state index contributed by atoms with van der Waals surface area (Å²) in [6, 6.07) is 10.9. The van der Waals surface area contributed by atoms with Crippen LogP contribution >= 0.6 is 11.3 Å². The molecule has 3 aromatic rings. The van der Waals surface area contributed by atoms with Crippen LogP contribution in [0.25, 0.3) is 10.2 Å². The molecule has 1 fully saturated rings. The van der Waals surface area contributed by atoms with Gasteiger partial charge >= 0.3 is 5.97 Å². The highest BCUT2D eigenvalue weighted by Gasteiger charge is 2.29. The highest BCUT2D eigenvalue weighted by molar-refractivity contribution is 7.89. The zero-order valence-corrected chi connectivity index (χ0v) is 23.8. The van der Waals surface area contributed by atoms with Gasteiger partial charge in [-0.2, -0.15) is 9.30 Å². The number of rotatable bonds is 8. The summed E-state index contributed by atoms with van der Waals surface area (Å²) in [6.45, 7) is 3.18. The Labute approximate surface area is 231 Å². The lowest BCUT2D eigenvalue weighted by Gasteiger charge is -2.30. The van der Waals surface area contributed by atoms with Gasteiger partial charge in [-0.15, -0.1) is 0 Å². The molecule has 10 nitrogen and oxygen atoms in total. The number of thiazole rings is 1. The van der Waals surface area contributed by atoms with Crippen LogP contribution in [0.15, 0.2) is 52.4 Å². The van der Waals surface area contributed by atoms with E-state index in [0.717, 1.165) is 32.1 Å². The second-order valence-electron chi connectivity index (χ2n) is 9.39. The van der Waals surface area contributed by atoms with Gasteiger partial charge in [0.05, 0.1) is 21.7 Å². The Morgan fingerprint density at radius 2 is 1.79 bits per heavy atom. The number of carbonyl (C=O) groups excluding carboxylic acids is 3. The lowest BCUT2D eigenvalue weighted by Crippen LogP contribution is -2.38. The van der Waals surface area contributed by atoms with E-state index in [-0.39, 0.29) is 40.4 Å². The van der Waals surface area contributed by atoms with Crippen molar-refractivity contribution in [1.29, 1.82) is 0 Å². The SMILES string of the molecule is CCOC(=O)Cn1c(=NC(=O)c2ccc(S(=O)(=O)N(C)C3CCCCC3)cc2)sc2cc(NC(C)=O)ccc21. The number of amides is 2. The number of carbonyl (C=O) groups is 3. The fourth-order valence-corrected chi connectivity index (χ4v) is 7.14. The van der Waals surface area contributed by atoms with E-state index in [0.29, 0.717) is 15.9 Å². The summed E-state index contributed by atoms with van der Waals surface area (Å²) in [6.07, 6.45) is 4.85. The topological polar surface area (TPSA) is 127 Å². The van der Waals surface area contributed by atoms with Crippen molar-refractivity contribution in [2.24, 2.45) is 4.99 Å². The number of ether oxygens (including phenoxy) is 1. The first-order chi connectivity index (χ1) is 18.6. The second-order valence-corrected chi connectivity index (χ2v) is 12.4. The summed E-state index contributed by atoms with van der Waals surface area (Å²) in [4.78, 5) is 41.5. The van der Waals surface area contributed by atoms with Crippen molar-refractivity contribution in [3.8, 4) is 0 Å². The van der Waals surface area contributed by atoms with Crippen LogP contribution in [0.5, 0.6) is 0 Å². The van der Waals surface area contributed by atoms with Crippen LogP contribution in [0.3, 0.4) is 0 Å². The molecule has 1 aliphatic carbocycles. The summed E-state index contributed by atoms with van der Waals surface area (Å²) >= 11 is 1.19. The first-order valence-corrected chi connectivity index (χ1v) is 15.1. The third-order valence-electron chi connectivity index (χ3n) is 6.66. The van der Waals surface area contributed by atoms with Gasteiger partial charge in [0.15, 0.2) is 4.80 Å². The van der Waals surface area contributed by atoms with Crippen molar-refractivity contribution in [2.75, 3.05) is 19.0 Å². The standard InChI is InChI=1S/C27H32N4O6S2/c1-4-37-25(33)17-31-23-15-12-20(28-18(2)32)16-24(23)38-27(31)29-26(34)19-10-13-22(14-11-19)39(35,36)30(3)21-8-6-5-7-9-21/h10-16,21H,4-9,17H2,1-3H3,(H,28,32). The van der Waals surface area contributed by atoms with Gasteiger partial charge < -0.3 is 14.6 Å². The lowest BCUT2D eigenvalue weighted by molar-refractivity contribution is -0.143.